The maximum atomic E-state index is 12.6. The van der Waals surface area contributed by atoms with E-state index in [1.165, 1.54) is 50.6 Å². The van der Waals surface area contributed by atoms with E-state index in [-0.39, 0.29) is 32.9 Å². The lowest BCUT2D eigenvalue weighted by Crippen LogP contribution is -2.13. The van der Waals surface area contributed by atoms with Crippen LogP contribution in [0.2, 0.25) is 0 Å². The van der Waals surface area contributed by atoms with Crippen molar-refractivity contribution in [1.82, 2.24) is 9.36 Å². The SMILES string of the molecule is COc1ccc(S(=O)(=O)Nc2nc(-c3ccccc3[N+](=O)[O-])ns2)cc1OC. The van der Waals surface area contributed by atoms with E-state index >= 15 is 0 Å². The van der Waals surface area contributed by atoms with Crippen LogP contribution in [0.25, 0.3) is 11.4 Å². The summed E-state index contributed by atoms with van der Waals surface area (Å²) in [6.07, 6.45) is 0. The van der Waals surface area contributed by atoms with Crippen molar-refractivity contribution in [3.8, 4) is 22.9 Å². The molecule has 0 aliphatic carbocycles. The summed E-state index contributed by atoms with van der Waals surface area (Å²) in [4.78, 5) is 14.6. The van der Waals surface area contributed by atoms with E-state index in [1.54, 1.807) is 6.07 Å². The number of nitro benzene ring substituents is 1. The lowest BCUT2D eigenvalue weighted by molar-refractivity contribution is -0.384. The summed E-state index contributed by atoms with van der Waals surface area (Å²) in [6.45, 7) is 0. The maximum Gasteiger partial charge on any atom is 0.280 e. The lowest BCUT2D eigenvalue weighted by atomic mass is 10.2. The Morgan fingerprint density at radius 1 is 1.11 bits per heavy atom. The molecule has 2 aromatic carbocycles. The first-order valence-electron chi connectivity index (χ1n) is 7.68. The second-order valence-electron chi connectivity index (χ2n) is 5.32. The van der Waals surface area contributed by atoms with Gasteiger partial charge in [-0.3, -0.25) is 14.8 Å². The van der Waals surface area contributed by atoms with Gasteiger partial charge in [0.15, 0.2) is 17.3 Å². The van der Waals surface area contributed by atoms with E-state index in [2.05, 4.69) is 14.1 Å². The van der Waals surface area contributed by atoms with E-state index in [0.29, 0.717) is 5.75 Å². The smallest absolute Gasteiger partial charge is 0.280 e. The van der Waals surface area contributed by atoms with Crippen LogP contribution in [0.5, 0.6) is 11.5 Å². The normalized spacial score (nSPS) is 11.1. The number of aromatic nitrogens is 2. The number of rotatable bonds is 7. The van der Waals surface area contributed by atoms with Gasteiger partial charge in [-0.05, 0) is 18.2 Å². The van der Waals surface area contributed by atoms with Crippen LogP contribution in [0, 0.1) is 10.1 Å². The Hall–Kier alpha value is -3.25. The van der Waals surface area contributed by atoms with Crippen molar-refractivity contribution in [3.05, 3.63) is 52.6 Å². The van der Waals surface area contributed by atoms with Crippen LogP contribution in [0.1, 0.15) is 0 Å². The van der Waals surface area contributed by atoms with Crippen LogP contribution in [-0.4, -0.2) is 36.9 Å². The van der Waals surface area contributed by atoms with Gasteiger partial charge in [0.05, 0.1) is 29.6 Å². The molecule has 10 nitrogen and oxygen atoms in total. The molecule has 0 fully saturated rings. The Kier molecular flexibility index (Phi) is 5.42. The first-order valence-corrected chi connectivity index (χ1v) is 9.93. The molecule has 0 radical (unpaired) electrons. The van der Waals surface area contributed by atoms with Crippen molar-refractivity contribution >= 4 is 32.4 Å². The predicted molar refractivity (Wildman–Crippen MR) is 102 cm³/mol. The van der Waals surface area contributed by atoms with Gasteiger partial charge in [0.2, 0.25) is 5.13 Å². The number of sulfonamides is 1. The number of hydrogen-bond acceptors (Lipinski definition) is 9. The topological polar surface area (TPSA) is 134 Å². The quantitative estimate of drug-likeness (QED) is 0.454. The third-order valence-electron chi connectivity index (χ3n) is 3.65. The number of hydrogen-bond donors (Lipinski definition) is 1. The highest BCUT2D eigenvalue weighted by atomic mass is 32.2. The second-order valence-corrected chi connectivity index (χ2v) is 7.75. The Bertz CT molecular complexity index is 1130. The van der Waals surface area contributed by atoms with Crippen LogP contribution in [0.4, 0.5) is 10.8 Å². The molecule has 0 aliphatic heterocycles. The average molecular weight is 422 g/mol. The number of anilines is 1. The summed E-state index contributed by atoms with van der Waals surface area (Å²) >= 11 is 0.774. The molecule has 3 rings (SSSR count). The Labute approximate surface area is 164 Å². The number of para-hydroxylation sites is 1. The van der Waals surface area contributed by atoms with Crippen molar-refractivity contribution < 1.29 is 22.8 Å². The van der Waals surface area contributed by atoms with Gasteiger partial charge < -0.3 is 9.47 Å². The Balaban J connectivity index is 1.90. The number of nitrogens with zero attached hydrogens (tertiary/aromatic N) is 3. The molecule has 0 saturated heterocycles. The molecule has 0 bridgehead atoms. The van der Waals surface area contributed by atoms with E-state index in [9.17, 15) is 18.5 Å². The van der Waals surface area contributed by atoms with Crippen molar-refractivity contribution in [2.75, 3.05) is 18.9 Å². The van der Waals surface area contributed by atoms with Gasteiger partial charge >= 0.3 is 0 Å². The van der Waals surface area contributed by atoms with Crippen molar-refractivity contribution in [3.63, 3.8) is 0 Å². The molecule has 12 heteroatoms. The fourth-order valence-corrected chi connectivity index (χ4v) is 4.17. The maximum absolute atomic E-state index is 12.6. The molecule has 1 N–H and O–H groups in total. The zero-order valence-electron chi connectivity index (χ0n) is 14.6. The van der Waals surface area contributed by atoms with E-state index < -0.39 is 14.9 Å². The third kappa shape index (κ3) is 3.87. The summed E-state index contributed by atoms with van der Waals surface area (Å²) < 4.78 is 41.8. The van der Waals surface area contributed by atoms with Crippen LogP contribution < -0.4 is 14.2 Å². The highest BCUT2D eigenvalue weighted by molar-refractivity contribution is 7.93. The van der Waals surface area contributed by atoms with Crippen LogP contribution >= 0.6 is 11.5 Å². The molecule has 1 heterocycles. The summed E-state index contributed by atoms with van der Waals surface area (Å²) in [6, 6.07) is 10.1. The molecule has 0 saturated carbocycles. The largest absolute Gasteiger partial charge is 0.493 e. The van der Waals surface area contributed by atoms with Crippen molar-refractivity contribution in [2.45, 2.75) is 4.90 Å². The molecule has 146 valence electrons. The summed E-state index contributed by atoms with van der Waals surface area (Å²) in [7, 11) is -1.14. The van der Waals surface area contributed by atoms with Crippen molar-refractivity contribution in [1.29, 1.82) is 0 Å². The van der Waals surface area contributed by atoms with Gasteiger partial charge in [0.25, 0.3) is 15.7 Å². The molecule has 0 spiro atoms. The molecule has 28 heavy (non-hydrogen) atoms. The molecule has 1 aromatic heterocycles. The van der Waals surface area contributed by atoms with Gasteiger partial charge in [-0.15, -0.1) is 0 Å². The number of benzene rings is 2. The van der Waals surface area contributed by atoms with Gasteiger partial charge in [-0.25, -0.2) is 8.42 Å². The van der Waals surface area contributed by atoms with Crippen LogP contribution in [0.3, 0.4) is 0 Å². The molecular weight excluding hydrogens is 408 g/mol. The summed E-state index contributed by atoms with van der Waals surface area (Å²) in [5.74, 6) is 0.696. The van der Waals surface area contributed by atoms with Crippen molar-refractivity contribution in [2.24, 2.45) is 0 Å². The van der Waals surface area contributed by atoms with Gasteiger partial charge in [0.1, 0.15) is 0 Å². The van der Waals surface area contributed by atoms with Gasteiger partial charge in [-0.2, -0.15) is 9.36 Å². The fraction of sp³-hybridized carbons (Fsp3) is 0.125. The van der Waals surface area contributed by atoms with Crippen LogP contribution in [-0.2, 0) is 10.0 Å². The molecule has 0 amide bonds. The lowest BCUT2D eigenvalue weighted by Gasteiger charge is -2.10. The highest BCUT2D eigenvalue weighted by Crippen LogP contribution is 2.32. The number of nitro groups is 1. The Morgan fingerprint density at radius 3 is 2.50 bits per heavy atom. The second kappa shape index (κ2) is 7.78. The van der Waals surface area contributed by atoms with E-state index in [4.69, 9.17) is 9.47 Å². The van der Waals surface area contributed by atoms with Gasteiger partial charge in [0, 0.05) is 23.7 Å². The molecule has 0 atom stereocenters. The fourth-order valence-electron chi connectivity index (χ4n) is 2.35. The van der Waals surface area contributed by atoms with Gasteiger partial charge in [-0.1, -0.05) is 12.1 Å². The Morgan fingerprint density at radius 2 is 1.82 bits per heavy atom. The first kappa shape index (κ1) is 19.5. The van der Waals surface area contributed by atoms with E-state index in [0.717, 1.165) is 11.5 Å². The third-order valence-corrected chi connectivity index (χ3v) is 5.75. The molecule has 0 unspecified atom stereocenters. The standard InChI is InChI=1S/C16H14N4O6S2/c1-25-13-8-7-10(9-14(13)26-2)28(23,24)19-16-17-15(18-27-16)11-5-3-4-6-12(11)20(21)22/h3-9H,1-2H3,(H,17,18,19). The average Bonchev–Trinajstić information content (AvgIpc) is 3.14. The summed E-state index contributed by atoms with van der Waals surface area (Å²) in [5.41, 5.74) is 0.0231. The number of methoxy groups -OCH3 is 2. The number of ether oxygens (including phenoxy) is 2. The highest BCUT2D eigenvalue weighted by Gasteiger charge is 2.22. The van der Waals surface area contributed by atoms with Crippen LogP contribution in [0.15, 0.2) is 47.4 Å². The minimum absolute atomic E-state index is 0.0251. The minimum Gasteiger partial charge on any atom is -0.493 e. The summed E-state index contributed by atoms with van der Waals surface area (Å²) in [5, 5.41) is 11.1. The molecule has 3 aromatic rings. The first-order chi connectivity index (χ1) is 13.4. The van der Waals surface area contributed by atoms with E-state index in [1.807, 2.05) is 0 Å². The predicted octanol–water partition coefficient (Wildman–Crippen LogP) is 2.93. The molecular formula is C16H14N4O6S2. The minimum atomic E-state index is -3.98. The number of nitrogens with one attached hydrogen (secondary N) is 1. The zero-order chi connectivity index (χ0) is 20.3. The monoisotopic (exact) mass is 422 g/mol. The zero-order valence-corrected chi connectivity index (χ0v) is 16.3. The molecule has 0 aliphatic rings.